The van der Waals surface area contributed by atoms with Crippen molar-refractivity contribution < 1.29 is 13.5 Å². The molecule has 1 atom stereocenters. The van der Waals surface area contributed by atoms with Gasteiger partial charge in [0.2, 0.25) is 0 Å². The van der Waals surface area contributed by atoms with Crippen molar-refractivity contribution in [3.63, 3.8) is 0 Å². The molecule has 1 N–H and O–H groups in total. The first kappa shape index (κ1) is 14.8. The van der Waals surface area contributed by atoms with Crippen molar-refractivity contribution in [1.29, 1.82) is 0 Å². The minimum absolute atomic E-state index is 0.223. The fourth-order valence-electron chi connectivity index (χ4n) is 2.09. The van der Waals surface area contributed by atoms with Crippen molar-refractivity contribution in [3.8, 4) is 0 Å². The summed E-state index contributed by atoms with van der Waals surface area (Å²) in [6.07, 6.45) is 1.24. The first-order valence-corrected chi connectivity index (χ1v) is 8.38. The van der Waals surface area contributed by atoms with Gasteiger partial charge in [-0.3, -0.25) is 0 Å². The molecular formula is C16H18O3S. The maximum absolute atomic E-state index is 11.6. The molecule has 0 spiro atoms. The maximum atomic E-state index is 11.6. The van der Waals surface area contributed by atoms with E-state index in [4.69, 9.17) is 0 Å². The Morgan fingerprint density at radius 2 is 1.65 bits per heavy atom. The lowest BCUT2D eigenvalue weighted by molar-refractivity contribution is 0.220. The highest BCUT2D eigenvalue weighted by molar-refractivity contribution is 7.90. The summed E-state index contributed by atoms with van der Waals surface area (Å²) in [4.78, 5) is 0.223. The number of aliphatic hydroxyl groups excluding tert-OH is 1. The number of hydrogen-bond acceptors (Lipinski definition) is 3. The van der Waals surface area contributed by atoms with Gasteiger partial charge in [-0.1, -0.05) is 43.3 Å². The third-order valence-electron chi connectivity index (χ3n) is 3.28. The SMILES string of the molecule is CCc1cccc(C(O)c2cccc(S(C)(=O)=O)c2)c1. The molecule has 0 fully saturated rings. The predicted molar refractivity (Wildman–Crippen MR) is 79.4 cm³/mol. The molecule has 0 amide bonds. The highest BCUT2D eigenvalue weighted by atomic mass is 32.2. The van der Waals surface area contributed by atoms with Crippen LogP contribution in [0.2, 0.25) is 0 Å². The van der Waals surface area contributed by atoms with Crippen molar-refractivity contribution in [2.45, 2.75) is 24.3 Å². The lowest BCUT2D eigenvalue weighted by Gasteiger charge is -2.13. The second-order valence-electron chi connectivity index (χ2n) is 4.85. The van der Waals surface area contributed by atoms with E-state index in [0.29, 0.717) is 5.56 Å². The van der Waals surface area contributed by atoms with Crippen LogP contribution in [0, 0.1) is 0 Å². The van der Waals surface area contributed by atoms with E-state index in [9.17, 15) is 13.5 Å². The largest absolute Gasteiger partial charge is 0.384 e. The molecule has 2 aromatic carbocycles. The van der Waals surface area contributed by atoms with E-state index in [0.717, 1.165) is 23.8 Å². The molecule has 2 aromatic rings. The van der Waals surface area contributed by atoms with E-state index in [1.54, 1.807) is 12.1 Å². The average Bonchev–Trinajstić information content (AvgIpc) is 2.46. The van der Waals surface area contributed by atoms with Crippen LogP contribution >= 0.6 is 0 Å². The summed E-state index contributed by atoms with van der Waals surface area (Å²) in [5.74, 6) is 0. The zero-order chi connectivity index (χ0) is 14.8. The van der Waals surface area contributed by atoms with Gasteiger partial charge in [-0.2, -0.15) is 0 Å². The molecule has 4 heteroatoms. The van der Waals surface area contributed by atoms with Crippen LogP contribution in [0.4, 0.5) is 0 Å². The minimum Gasteiger partial charge on any atom is -0.384 e. The number of aryl methyl sites for hydroxylation is 1. The summed E-state index contributed by atoms with van der Waals surface area (Å²) in [5.41, 5.74) is 2.50. The van der Waals surface area contributed by atoms with Crippen LogP contribution in [0.1, 0.15) is 29.7 Å². The first-order chi connectivity index (χ1) is 9.41. The standard InChI is InChI=1S/C16H18O3S/c1-3-12-6-4-7-13(10-12)16(17)14-8-5-9-15(11-14)20(2,18)19/h4-11,16-17H,3H2,1-2H3. The van der Waals surface area contributed by atoms with E-state index < -0.39 is 15.9 Å². The zero-order valence-electron chi connectivity index (χ0n) is 11.6. The van der Waals surface area contributed by atoms with Crippen molar-refractivity contribution in [2.24, 2.45) is 0 Å². The molecule has 0 saturated carbocycles. The number of rotatable bonds is 4. The quantitative estimate of drug-likeness (QED) is 0.942. The fourth-order valence-corrected chi connectivity index (χ4v) is 2.77. The summed E-state index contributed by atoms with van der Waals surface area (Å²) < 4.78 is 23.1. The summed E-state index contributed by atoms with van der Waals surface area (Å²) in [6.45, 7) is 2.05. The van der Waals surface area contributed by atoms with Gasteiger partial charge in [0, 0.05) is 6.26 Å². The van der Waals surface area contributed by atoms with Crippen molar-refractivity contribution in [1.82, 2.24) is 0 Å². The van der Waals surface area contributed by atoms with Crippen molar-refractivity contribution in [3.05, 3.63) is 65.2 Å². The molecule has 3 nitrogen and oxygen atoms in total. The topological polar surface area (TPSA) is 54.4 Å². The molecule has 1 unspecified atom stereocenters. The molecule has 0 saturated heterocycles. The van der Waals surface area contributed by atoms with Gasteiger partial charge in [0.25, 0.3) is 0 Å². The smallest absolute Gasteiger partial charge is 0.175 e. The normalized spacial score (nSPS) is 13.2. The minimum atomic E-state index is -3.26. The molecule has 0 radical (unpaired) electrons. The monoisotopic (exact) mass is 290 g/mol. The second-order valence-corrected chi connectivity index (χ2v) is 6.86. The molecule has 0 bridgehead atoms. The zero-order valence-corrected chi connectivity index (χ0v) is 12.4. The third kappa shape index (κ3) is 3.26. The number of hydrogen-bond donors (Lipinski definition) is 1. The summed E-state index contributed by atoms with van der Waals surface area (Å²) >= 11 is 0. The predicted octanol–water partition coefficient (Wildman–Crippen LogP) is 2.73. The Bertz CT molecular complexity index is 705. The van der Waals surface area contributed by atoms with Crippen LogP contribution in [0.5, 0.6) is 0 Å². The molecule has 106 valence electrons. The third-order valence-corrected chi connectivity index (χ3v) is 4.39. The van der Waals surface area contributed by atoms with E-state index in [-0.39, 0.29) is 4.90 Å². The lowest BCUT2D eigenvalue weighted by Crippen LogP contribution is -2.03. The van der Waals surface area contributed by atoms with Gasteiger partial charge in [0.05, 0.1) is 4.90 Å². The number of benzene rings is 2. The molecule has 0 aromatic heterocycles. The van der Waals surface area contributed by atoms with Gasteiger partial charge < -0.3 is 5.11 Å². The molecular weight excluding hydrogens is 272 g/mol. The molecule has 0 aliphatic rings. The first-order valence-electron chi connectivity index (χ1n) is 6.48. The van der Waals surface area contributed by atoms with Crippen LogP contribution in [0.3, 0.4) is 0 Å². The molecule has 0 aliphatic heterocycles. The molecule has 2 rings (SSSR count). The van der Waals surface area contributed by atoms with Gasteiger partial charge in [-0.05, 0) is 35.2 Å². The van der Waals surface area contributed by atoms with Gasteiger partial charge in [-0.25, -0.2) is 8.42 Å². The number of sulfone groups is 1. The van der Waals surface area contributed by atoms with Crippen LogP contribution < -0.4 is 0 Å². The maximum Gasteiger partial charge on any atom is 0.175 e. The van der Waals surface area contributed by atoms with E-state index in [1.165, 1.54) is 12.1 Å². The van der Waals surface area contributed by atoms with Crippen LogP contribution in [-0.4, -0.2) is 19.8 Å². The van der Waals surface area contributed by atoms with Gasteiger partial charge in [0.15, 0.2) is 9.84 Å². The Morgan fingerprint density at radius 1 is 1.05 bits per heavy atom. The summed E-state index contributed by atoms with van der Waals surface area (Å²) in [6, 6.07) is 14.1. The Morgan fingerprint density at radius 3 is 2.25 bits per heavy atom. The van der Waals surface area contributed by atoms with Gasteiger partial charge in [-0.15, -0.1) is 0 Å². The Hall–Kier alpha value is -1.65. The highest BCUT2D eigenvalue weighted by Gasteiger charge is 2.14. The Balaban J connectivity index is 2.40. The second kappa shape index (κ2) is 5.77. The van der Waals surface area contributed by atoms with Crippen molar-refractivity contribution >= 4 is 9.84 Å². The van der Waals surface area contributed by atoms with E-state index in [2.05, 4.69) is 6.92 Å². The van der Waals surface area contributed by atoms with Crippen LogP contribution in [-0.2, 0) is 16.3 Å². The highest BCUT2D eigenvalue weighted by Crippen LogP contribution is 2.24. The average molecular weight is 290 g/mol. The van der Waals surface area contributed by atoms with Gasteiger partial charge >= 0.3 is 0 Å². The molecule has 0 heterocycles. The van der Waals surface area contributed by atoms with E-state index >= 15 is 0 Å². The lowest BCUT2D eigenvalue weighted by atomic mass is 9.99. The number of aliphatic hydroxyl groups is 1. The Kier molecular flexibility index (Phi) is 4.26. The molecule has 0 aliphatic carbocycles. The van der Waals surface area contributed by atoms with Crippen molar-refractivity contribution in [2.75, 3.05) is 6.26 Å². The van der Waals surface area contributed by atoms with Crippen LogP contribution in [0.15, 0.2) is 53.4 Å². The van der Waals surface area contributed by atoms with Crippen LogP contribution in [0.25, 0.3) is 0 Å². The fraction of sp³-hybridized carbons (Fsp3) is 0.250. The van der Waals surface area contributed by atoms with E-state index in [1.807, 2.05) is 24.3 Å². The molecule has 20 heavy (non-hydrogen) atoms. The Labute approximate surface area is 119 Å². The summed E-state index contributed by atoms with van der Waals surface area (Å²) in [7, 11) is -3.26. The summed E-state index contributed by atoms with van der Waals surface area (Å²) in [5, 5.41) is 10.4. The van der Waals surface area contributed by atoms with Gasteiger partial charge in [0.1, 0.15) is 6.10 Å².